The molecule has 3 aromatic rings. The van der Waals surface area contributed by atoms with Crippen molar-refractivity contribution in [1.82, 2.24) is 9.80 Å². The minimum Gasteiger partial charge on any atom is -0.507 e. The standard InChI is InChI=1S/C27H28N2O3/c1-4-18-12-14-20(15-13-18)25(30)23-24(29(17-16-28(2)3)27(32)26(23)31)22-11-7-9-19-8-5-6-10-21(19)22/h5-15,24,30H,4,16-17H2,1-3H3/b25-23-. The zero-order valence-electron chi connectivity index (χ0n) is 18.7. The minimum atomic E-state index is -0.646. The molecule has 0 saturated carbocycles. The van der Waals surface area contributed by atoms with E-state index in [9.17, 15) is 14.7 Å². The molecule has 0 radical (unpaired) electrons. The molecule has 1 heterocycles. The number of rotatable bonds is 6. The summed E-state index contributed by atoms with van der Waals surface area (Å²) in [6.07, 6.45) is 0.881. The van der Waals surface area contributed by atoms with Gasteiger partial charge in [-0.15, -0.1) is 0 Å². The summed E-state index contributed by atoms with van der Waals surface area (Å²) in [6, 6.07) is 20.6. The summed E-state index contributed by atoms with van der Waals surface area (Å²) in [5.74, 6) is -1.34. The van der Waals surface area contributed by atoms with Gasteiger partial charge in [-0.2, -0.15) is 0 Å². The van der Waals surface area contributed by atoms with Crippen LogP contribution < -0.4 is 0 Å². The topological polar surface area (TPSA) is 60.9 Å². The fraction of sp³-hybridized carbons (Fsp3) is 0.259. The first-order valence-corrected chi connectivity index (χ1v) is 10.9. The summed E-state index contributed by atoms with van der Waals surface area (Å²) in [5, 5.41) is 13.2. The molecule has 1 saturated heterocycles. The Labute approximate surface area is 188 Å². The third-order valence-electron chi connectivity index (χ3n) is 6.08. The lowest BCUT2D eigenvalue weighted by molar-refractivity contribution is -0.140. The van der Waals surface area contributed by atoms with E-state index in [2.05, 4.69) is 6.92 Å². The van der Waals surface area contributed by atoms with Gasteiger partial charge >= 0.3 is 0 Å². The van der Waals surface area contributed by atoms with Gasteiger partial charge in [-0.05, 0) is 42.4 Å². The normalized spacial score (nSPS) is 18.1. The highest BCUT2D eigenvalue weighted by Gasteiger charge is 2.46. The van der Waals surface area contributed by atoms with Crippen molar-refractivity contribution in [3.8, 4) is 0 Å². The van der Waals surface area contributed by atoms with Crippen LogP contribution >= 0.6 is 0 Å². The van der Waals surface area contributed by atoms with Crippen molar-refractivity contribution in [3.63, 3.8) is 0 Å². The van der Waals surface area contributed by atoms with Crippen molar-refractivity contribution in [2.75, 3.05) is 27.2 Å². The molecular weight excluding hydrogens is 400 g/mol. The average Bonchev–Trinajstić information content (AvgIpc) is 3.06. The number of fused-ring (bicyclic) bond motifs is 1. The molecule has 1 N–H and O–H groups in total. The molecule has 0 bridgehead atoms. The number of amides is 1. The van der Waals surface area contributed by atoms with Crippen molar-refractivity contribution in [1.29, 1.82) is 0 Å². The summed E-state index contributed by atoms with van der Waals surface area (Å²) in [5.41, 5.74) is 2.67. The van der Waals surface area contributed by atoms with Crippen molar-refractivity contribution < 1.29 is 14.7 Å². The van der Waals surface area contributed by atoms with Gasteiger partial charge in [0.2, 0.25) is 0 Å². The molecule has 4 rings (SSSR count). The highest BCUT2D eigenvalue weighted by atomic mass is 16.3. The molecule has 5 heteroatoms. The van der Waals surface area contributed by atoms with Gasteiger partial charge in [0.1, 0.15) is 5.76 Å². The van der Waals surface area contributed by atoms with Crippen LogP contribution in [0.2, 0.25) is 0 Å². The number of likely N-dealkylation sites (N-methyl/N-ethyl adjacent to an activating group) is 1. The number of aryl methyl sites for hydroxylation is 1. The number of aliphatic hydroxyl groups excluding tert-OH is 1. The van der Waals surface area contributed by atoms with Crippen LogP contribution in [0.25, 0.3) is 16.5 Å². The van der Waals surface area contributed by atoms with E-state index in [1.807, 2.05) is 85.7 Å². The molecule has 32 heavy (non-hydrogen) atoms. The summed E-state index contributed by atoms with van der Waals surface area (Å²) >= 11 is 0. The van der Waals surface area contributed by atoms with E-state index < -0.39 is 17.7 Å². The Morgan fingerprint density at radius 3 is 2.34 bits per heavy atom. The minimum absolute atomic E-state index is 0.128. The molecule has 1 aliphatic heterocycles. The zero-order chi connectivity index (χ0) is 22.8. The first kappa shape index (κ1) is 21.8. The van der Waals surface area contributed by atoms with E-state index in [0.29, 0.717) is 18.7 Å². The van der Waals surface area contributed by atoms with Crippen LogP contribution in [-0.2, 0) is 16.0 Å². The van der Waals surface area contributed by atoms with Gasteiger partial charge in [0.25, 0.3) is 11.7 Å². The molecule has 5 nitrogen and oxygen atoms in total. The van der Waals surface area contributed by atoms with E-state index in [-0.39, 0.29) is 11.3 Å². The highest BCUT2D eigenvalue weighted by molar-refractivity contribution is 6.46. The lowest BCUT2D eigenvalue weighted by atomic mass is 9.91. The maximum absolute atomic E-state index is 13.2. The lowest BCUT2D eigenvalue weighted by Gasteiger charge is -2.27. The van der Waals surface area contributed by atoms with Crippen molar-refractivity contribution in [2.45, 2.75) is 19.4 Å². The molecule has 0 spiro atoms. The van der Waals surface area contributed by atoms with Crippen molar-refractivity contribution in [3.05, 3.63) is 89.0 Å². The SMILES string of the molecule is CCc1ccc(/C(O)=C2/C(=O)C(=O)N(CCN(C)C)C2c2cccc3ccccc23)cc1. The maximum Gasteiger partial charge on any atom is 0.295 e. The number of benzene rings is 3. The van der Waals surface area contributed by atoms with E-state index in [0.717, 1.165) is 28.3 Å². The summed E-state index contributed by atoms with van der Waals surface area (Å²) in [4.78, 5) is 29.9. The van der Waals surface area contributed by atoms with E-state index in [1.54, 1.807) is 4.90 Å². The molecule has 3 aromatic carbocycles. The van der Waals surface area contributed by atoms with E-state index in [4.69, 9.17) is 0 Å². The molecular formula is C27H28N2O3. The average molecular weight is 429 g/mol. The van der Waals surface area contributed by atoms with Gasteiger partial charge in [-0.25, -0.2) is 0 Å². The first-order chi connectivity index (χ1) is 15.4. The van der Waals surface area contributed by atoms with Crippen LogP contribution in [0.1, 0.15) is 29.7 Å². The van der Waals surface area contributed by atoms with Gasteiger partial charge in [0, 0.05) is 18.7 Å². The van der Waals surface area contributed by atoms with Crippen LogP contribution in [0, 0.1) is 0 Å². The number of aliphatic hydroxyl groups is 1. The monoisotopic (exact) mass is 428 g/mol. The molecule has 0 aromatic heterocycles. The zero-order valence-corrected chi connectivity index (χ0v) is 18.7. The number of likely N-dealkylation sites (tertiary alicyclic amines) is 1. The van der Waals surface area contributed by atoms with Gasteiger partial charge < -0.3 is 14.9 Å². The second kappa shape index (κ2) is 8.97. The predicted octanol–water partition coefficient (Wildman–Crippen LogP) is 4.39. The Morgan fingerprint density at radius 1 is 0.969 bits per heavy atom. The fourth-order valence-electron chi connectivity index (χ4n) is 4.28. The van der Waals surface area contributed by atoms with Crippen molar-refractivity contribution in [2.24, 2.45) is 0 Å². The van der Waals surface area contributed by atoms with Crippen LogP contribution in [0.5, 0.6) is 0 Å². The Balaban J connectivity index is 1.91. The molecule has 0 aliphatic carbocycles. The molecule has 1 unspecified atom stereocenters. The number of Topliss-reactive ketones (excluding diaryl/α,β-unsaturated/α-hetero) is 1. The second-order valence-electron chi connectivity index (χ2n) is 8.41. The number of carbonyl (C=O) groups excluding carboxylic acids is 2. The summed E-state index contributed by atoms with van der Waals surface area (Å²) in [7, 11) is 3.86. The number of hydrogen-bond donors (Lipinski definition) is 1. The van der Waals surface area contributed by atoms with Crippen LogP contribution in [0.3, 0.4) is 0 Å². The van der Waals surface area contributed by atoms with E-state index >= 15 is 0 Å². The largest absolute Gasteiger partial charge is 0.507 e. The Kier molecular flexibility index (Phi) is 6.10. The number of ketones is 1. The fourth-order valence-corrected chi connectivity index (χ4v) is 4.28. The number of nitrogens with zero attached hydrogens (tertiary/aromatic N) is 2. The van der Waals surface area contributed by atoms with Gasteiger partial charge in [0.05, 0.1) is 11.6 Å². The molecule has 164 valence electrons. The lowest BCUT2D eigenvalue weighted by Crippen LogP contribution is -2.35. The number of hydrogen-bond acceptors (Lipinski definition) is 4. The molecule has 1 amide bonds. The molecule has 1 fully saturated rings. The first-order valence-electron chi connectivity index (χ1n) is 10.9. The van der Waals surface area contributed by atoms with Crippen molar-refractivity contribution >= 4 is 28.2 Å². The second-order valence-corrected chi connectivity index (χ2v) is 8.41. The Hall–Kier alpha value is -3.44. The summed E-state index contributed by atoms with van der Waals surface area (Å²) in [6.45, 7) is 3.06. The maximum atomic E-state index is 13.2. The molecule has 1 atom stereocenters. The highest BCUT2D eigenvalue weighted by Crippen LogP contribution is 2.41. The van der Waals surface area contributed by atoms with Crippen LogP contribution in [0.15, 0.2) is 72.3 Å². The van der Waals surface area contributed by atoms with Gasteiger partial charge in [-0.1, -0.05) is 73.7 Å². The summed E-state index contributed by atoms with van der Waals surface area (Å²) < 4.78 is 0. The van der Waals surface area contributed by atoms with Gasteiger partial charge in [-0.3, -0.25) is 9.59 Å². The third kappa shape index (κ3) is 3.92. The Bertz CT molecular complexity index is 1190. The Morgan fingerprint density at radius 2 is 1.66 bits per heavy atom. The smallest absolute Gasteiger partial charge is 0.295 e. The predicted molar refractivity (Wildman–Crippen MR) is 127 cm³/mol. The van der Waals surface area contributed by atoms with Gasteiger partial charge in [0.15, 0.2) is 0 Å². The van der Waals surface area contributed by atoms with Crippen LogP contribution in [-0.4, -0.2) is 53.8 Å². The van der Waals surface area contributed by atoms with Crippen LogP contribution in [0.4, 0.5) is 0 Å². The third-order valence-corrected chi connectivity index (χ3v) is 6.08. The number of carbonyl (C=O) groups is 2. The molecule has 1 aliphatic rings. The van der Waals surface area contributed by atoms with E-state index in [1.165, 1.54) is 0 Å². The quantitative estimate of drug-likeness (QED) is 0.359.